The van der Waals surface area contributed by atoms with Crippen LogP contribution in [0.15, 0.2) is 18.2 Å². The molecule has 1 aromatic carbocycles. The predicted octanol–water partition coefficient (Wildman–Crippen LogP) is 2.65. The largest absolute Gasteiger partial charge is 0.383 e. The Morgan fingerprint density at radius 3 is 2.81 bits per heavy atom. The normalized spacial score (nSPS) is 12.8. The quantitative estimate of drug-likeness (QED) is 0.832. The van der Waals surface area contributed by atoms with E-state index in [0.29, 0.717) is 23.6 Å². The highest BCUT2D eigenvalue weighted by Gasteiger charge is 2.11. The molecule has 0 bridgehead atoms. The molecule has 0 aliphatic rings. The predicted molar refractivity (Wildman–Crippen MR) is 64.5 cm³/mol. The Morgan fingerprint density at radius 1 is 1.50 bits per heavy atom. The highest BCUT2D eigenvalue weighted by atomic mass is 35.5. The standard InChI is InChI=1S/C12H17ClFNO/c1-3-15-11(8-16-2)6-9-4-5-10(13)7-12(9)14/h4-5,7,11,15H,3,6,8H2,1-2H3. The number of benzene rings is 1. The van der Waals surface area contributed by atoms with Gasteiger partial charge in [-0.25, -0.2) is 4.39 Å². The Kier molecular flexibility index (Phi) is 5.74. The Hall–Kier alpha value is -0.640. The van der Waals surface area contributed by atoms with E-state index in [1.165, 1.54) is 6.07 Å². The van der Waals surface area contributed by atoms with Gasteiger partial charge in [0.1, 0.15) is 5.82 Å². The Labute approximate surface area is 101 Å². The third-order valence-corrected chi connectivity index (χ3v) is 2.58. The van der Waals surface area contributed by atoms with Crippen molar-refractivity contribution in [2.24, 2.45) is 0 Å². The monoisotopic (exact) mass is 245 g/mol. The molecule has 1 unspecified atom stereocenters. The van der Waals surface area contributed by atoms with Crippen LogP contribution in [0.3, 0.4) is 0 Å². The van der Waals surface area contributed by atoms with Crippen LogP contribution in [0.4, 0.5) is 4.39 Å². The summed E-state index contributed by atoms with van der Waals surface area (Å²) >= 11 is 5.70. The molecular formula is C12H17ClFNO. The third-order valence-electron chi connectivity index (χ3n) is 2.34. The van der Waals surface area contributed by atoms with E-state index in [1.54, 1.807) is 19.2 Å². The summed E-state index contributed by atoms with van der Waals surface area (Å²) in [6, 6.07) is 4.89. The summed E-state index contributed by atoms with van der Waals surface area (Å²) in [4.78, 5) is 0. The molecule has 0 radical (unpaired) electrons. The molecule has 1 atom stereocenters. The van der Waals surface area contributed by atoms with Gasteiger partial charge in [0.25, 0.3) is 0 Å². The van der Waals surface area contributed by atoms with E-state index in [-0.39, 0.29) is 11.9 Å². The maximum absolute atomic E-state index is 13.5. The lowest BCUT2D eigenvalue weighted by molar-refractivity contribution is 0.166. The van der Waals surface area contributed by atoms with E-state index in [1.807, 2.05) is 6.92 Å². The Bertz CT molecular complexity index is 327. The van der Waals surface area contributed by atoms with Crippen molar-refractivity contribution in [1.29, 1.82) is 0 Å². The molecule has 2 nitrogen and oxygen atoms in total. The second kappa shape index (κ2) is 6.84. The van der Waals surface area contributed by atoms with Gasteiger partial charge in [-0.2, -0.15) is 0 Å². The van der Waals surface area contributed by atoms with Gasteiger partial charge in [0.05, 0.1) is 6.61 Å². The van der Waals surface area contributed by atoms with Crippen LogP contribution >= 0.6 is 11.6 Å². The second-order valence-corrected chi connectivity index (χ2v) is 4.09. The molecule has 0 aromatic heterocycles. The maximum Gasteiger partial charge on any atom is 0.127 e. The number of rotatable bonds is 6. The summed E-state index contributed by atoms with van der Waals surface area (Å²) in [7, 11) is 1.64. The van der Waals surface area contributed by atoms with E-state index >= 15 is 0 Å². The first kappa shape index (κ1) is 13.4. The fourth-order valence-corrected chi connectivity index (χ4v) is 1.79. The van der Waals surface area contributed by atoms with Crippen LogP contribution in [0.5, 0.6) is 0 Å². The molecule has 1 rings (SSSR count). The van der Waals surface area contributed by atoms with E-state index in [4.69, 9.17) is 16.3 Å². The number of methoxy groups -OCH3 is 1. The van der Waals surface area contributed by atoms with Crippen LogP contribution in [-0.4, -0.2) is 26.3 Å². The highest BCUT2D eigenvalue weighted by molar-refractivity contribution is 6.30. The van der Waals surface area contributed by atoms with E-state index in [9.17, 15) is 4.39 Å². The van der Waals surface area contributed by atoms with Crippen molar-refractivity contribution in [2.75, 3.05) is 20.3 Å². The minimum Gasteiger partial charge on any atom is -0.383 e. The number of ether oxygens (including phenoxy) is 1. The zero-order valence-corrected chi connectivity index (χ0v) is 10.4. The van der Waals surface area contributed by atoms with Crippen molar-refractivity contribution in [3.8, 4) is 0 Å². The first-order chi connectivity index (χ1) is 7.67. The van der Waals surface area contributed by atoms with E-state index < -0.39 is 0 Å². The number of hydrogen-bond donors (Lipinski definition) is 1. The zero-order valence-electron chi connectivity index (χ0n) is 9.59. The van der Waals surface area contributed by atoms with Crippen LogP contribution in [0.1, 0.15) is 12.5 Å². The number of halogens is 2. The first-order valence-corrected chi connectivity index (χ1v) is 5.71. The van der Waals surface area contributed by atoms with Gasteiger partial charge < -0.3 is 10.1 Å². The van der Waals surface area contributed by atoms with Gasteiger partial charge in [0.2, 0.25) is 0 Å². The van der Waals surface area contributed by atoms with E-state index in [2.05, 4.69) is 5.32 Å². The molecule has 0 heterocycles. The maximum atomic E-state index is 13.5. The van der Waals surface area contributed by atoms with Gasteiger partial charge in [0, 0.05) is 18.2 Å². The van der Waals surface area contributed by atoms with Crippen molar-refractivity contribution < 1.29 is 9.13 Å². The van der Waals surface area contributed by atoms with Gasteiger partial charge in [-0.3, -0.25) is 0 Å². The smallest absolute Gasteiger partial charge is 0.127 e. The van der Waals surface area contributed by atoms with Crippen molar-refractivity contribution >= 4 is 11.6 Å². The first-order valence-electron chi connectivity index (χ1n) is 5.33. The molecule has 0 saturated heterocycles. The van der Waals surface area contributed by atoms with Gasteiger partial charge in [-0.05, 0) is 30.7 Å². The highest BCUT2D eigenvalue weighted by Crippen LogP contribution is 2.16. The second-order valence-electron chi connectivity index (χ2n) is 3.65. The number of nitrogens with one attached hydrogen (secondary N) is 1. The summed E-state index contributed by atoms with van der Waals surface area (Å²) in [5.41, 5.74) is 0.660. The summed E-state index contributed by atoms with van der Waals surface area (Å²) in [6.45, 7) is 3.42. The lowest BCUT2D eigenvalue weighted by atomic mass is 10.1. The number of hydrogen-bond acceptors (Lipinski definition) is 2. The minimum absolute atomic E-state index is 0.130. The fourth-order valence-electron chi connectivity index (χ4n) is 1.63. The summed E-state index contributed by atoms with van der Waals surface area (Å²) in [5, 5.41) is 3.67. The third kappa shape index (κ3) is 4.08. The van der Waals surface area contributed by atoms with Gasteiger partial charge in [-0.15, -0.1) is 0 Å². The van der Waals surface area contributed by atoms with Crippen LogP contribution in [-0.2, 0) is 11.2 Å². The topological polar surface area (TPSA) is 21.3 Å². The van der Waals surface area contributed by atoms with Crippen molar-refractivity contribution in [3.05, 3.63) is 34.6 Å². The average molecular weight is 246 g/mol. The minimum atomic E-state index is -0.258. The van der Waals surface area contributed by atoms with Crippen LogP contribution in [0.25, 0.3) is 0 Å². The molecule has 0 aliphatic heterocycles. The number of likely N-dealkylation sites (N-methyl/N-ethyl adjacent to an activating group) is 1. The van der Waals surface area contributed by atoms with Crippen LogP contribution in [0, 0.1) is 5.82 Å². The Balaban J connectivity index is 2.68. The molecule has 1 aromatic rings. The van der Waals surface area contributed by atoms with Gasteiger partial charge in [-0.1, -0.05) is 24.6 Å². The van der Waals surface area contributed by atoms with Gasteiger partial charge in [0.15, 0.2) is 0 Å². The lowest BCUT2D eigenvalue weighted by Gasteiger charge is -2.17. The fraction of sp³-hybridized carbons (Fsp3) is 0.500. The molecular weight excluding hydrogens is 229 g/mol. The van der Waals surface area contributed by atoms with Crippen LogP contribution in [0.2, 0.25) is 5.02 Å². The van der Waals surface area contributed by atoms with Crippen LogP contribution < -0.4 is 5.32 Å². The molecule has 90 valence electrons. The zero-order chi connectivity index (χ0) is 12.0. The molecule has 4 heteroatoms. The summed E-state index contributed by atoms with van der Waals surface area (Å²) in [5.74, 6) is -0.258. The molecule has 0 fully saturated rings. The lowest BCUT2D eigenvalue weighted by Crippen LogP contribution is -2.35. The SMILES string of the molecule is CCNC(COC)Cc1ccc(Cl)cc1F. The molecule has 1 N–H and O–H groups in total. The molecule has 0 amide bonds. The molecule has 0 spiro atoms. The van der Waals surface area contributed by atoms with Gasteiger partial charge >= 0.3 is 0 Å². The Morgan fingerprint density at radius 2 is 2.25 bits per heavy atom. The molecule has 0 aliphatic carbocycles. The van der Waals surface area contributed by atoms with E-state index in [0.717, 1.165) is 6.54 Å². The molecule has 0 saturated carbocycles. The summed E-state index contributed by atoms with van der Waals surface area (Å²) in [6.07, 6.45) is 0.602. The molecule has 16 heavy (non-hydrogen) atoms. The van der Waals surface area contributed by atoms with Crippen molar-refractivity contribution in [3.63, 3.8) is 0 Å². The van der Waals surface area contributed by atoms with Crippen molar-refractivity contribution in [2.45, 2.75) is 19.4 Å². The summed E-state index contributed by atoms with van der Waals surface area (Å²) < 4.78 is 18.6. The van der Waals surface area contributed by atoms with Crippen molar-refractivity contribution in [1.82, 2.24) is 5.32 Å². The average Bonchev–Trinajstić information content (AvgIpc) is 2.23.